The van der Waals surface area contributed by atoms with Crippen molar-refractivity contribution in [1.29, 1.82) is 0 Å². The van der Waals surface area contributed by atoms with Gasteiger partial charge in [-0.05, 0) is 41.1 Å². The van der Waals surface area contributed by atoms with Crippen molar-refractivity contribution in [3.8, 4) is 5.75 Å². The number of thioether (sulfide) groups is 2. The molecule has 1 heterocycles. The van der Waals surface area contributed by atoms with E-state index in [-0.39, 0.29) is 5.12 Å². The molecule has 0 saturated heterocycles. The second-order valence-corrected chi connectivity index (χ2v) is 6.42. The third kappa shape index (κ3) is 2.71. The summed E-state index contributed by atoms with van der Waals surface area (Å²) in [4.78, 5) is 16.3. The number of ether oxygens (including phenoxy) is 1. The van der Waals surface area contributed by atoms with E-state index in [9.17, 15) is 4.79 Å². The zero-order valence-electron chi connectivity index (χ0n) is 11.6. The molecule has 0 aromatic heterocycles. The first-order valence-corrected chi connectivity index (χ1v) is 8.39. The summed E-state index contributed by atoms with van der Waals surface area (Å²) in [7, 11) is 1.66. The van der Waals surface area contributed by atoms with E-state index in [0.717, 1.165) is 26.5 Å². The minimum atomic E-state index is -0.000695. The van der Waals surface area contributed by atoms with Gasteiger partial charge < -0.3 is 4.74 Å². The number of hydrogen-bond acceptors (Lipinski definition) is 5. The van der Waals surface area contributed by atoms with Gasteiger partial charge in [0.1, 0.15) is 15.8 Å². The molecule has 2 aromatic carbocycles. The fraction of sp³-hybridized carbons (Fsp3) is 0.125. The first-order valence-electron chi connectivity index (χ1n) is 6.35. The lowest BCUT2D eigenvalue weighted by molar-refractivity contribution is -0.107. The molecule has 21 heavy (non-hydrogen) atoms. The van der Waals surface area contributed by atoms with E-state index in [2.05, 4.69) is 4.99 Å². The number of benzene rings is 2. The van der Waals surface area contributed by atoms with E-state index in [1.54, 1.807) is 7.11 Å². The van der Waals surface area contributed by atoms with E-state index >= 15 is 0 Å². The van der Waals surface area contributed by atoms with Crippen molar-refractivity contribution < 1.29 is 9.53 Å². The molecule has 0 amide bonds. The van der Waals surface area contributed by atoms with E-state index in [1.165, 1.54) is 23.5 Å². The Morgan fingerprint density at radius 2 is 1.95 bits per heavy atom. The van der Waals surface area contributed by atoms with Gasteiger partial charge in [0.2, 0.25) is 5.12 Å². The van der Waals surface area contributed by atoms with Crippen LogP contribution in [-0.2, 0) is 4.79 Å². The molecule has 106 valence electrons. The molecular formula is C16H13NO2S2. The van der Waals surface area contributed by atoms with E-state index in [4.69, 9.17) is 4.74 Å². The lowest BCUT2D eigenvalue weighted by atomic mass is 10.0. The molecule has 1 aliphatic rings. The third-order valence-electron chi connectivity index (χ3n) is 3.21. The summed E-state index contributed by atoms with van der Waals surface area (Å²) in [5, 5.41) is 2.08. The average molecular weight is 315 g/mol. The first kappa shape index (κ1) is 14.2. The predicted octanol–water partition coefficient (Wildman–Crippen LogP) is 4.18. The van der Waals surface area contributed by atoms with Gasteiger partial charge in [-0.3, -0.25) is 4.79 Å². The maximum Gasteiger partial charge on any atom is 0.244 e. The zero-order valence-corrected chi connectivity index (χ0v) is 13.3. The maximum atomic E-state index is 11.9. The quantitative estimate of drug-likeness (QED) is 0.779. The lowest BCUT2D eigenvalue weighted by Gasteiger charge is -2.08. The van der Waals surface area contributed by atoms with E-state index in [0.29, 0.717) is 5.70 Å². The first-order chi connectivity index (χ1) is 10.2. The Kier molecular flexibility index (Phi) is 4.03. The van der Waals surface area contributed by atoms with Crippen molar-refractivity contribution in [2.75, 3.05) is 13.4 Å². The number of carbonyl (C=O) groups excluding carboxylic acids is 1. The number of fused-ring (bicyclic) bond motifs is 1. The Hall–Kier alpha value is -1.72. The zero-order chi connectivity index (χ0) is 14.8. The van der Waals surface area contributed by atoms with Crippen LogP contribution in [0.4, 0.5) is 0 Å². The number of aliphatic imine (C=N–C) groups is 1. The number of hydrogen-bond donors (Lipinski definition) is 0. The van der Waals surface area contributed by atoms with Crippen LogP contribution >= 0.6 is 23.5 Å². The van der Waals surface area contributed by atoms with Crippen LogP contribution in [0.3, 0.4) is 0 Å². The molecule has 1 aliphatic heterocycles. The summed E-state index contributed by atoms with van der Waals surface area (Å²) in [6.45, 7) is 0. The van der Waals surface area contributed by atoms with Gasteiger partial charge in [0.15, 0.2) is 0 Å². The second-order valence-electron chi connectivity index (χ2n) is 4.40. The minimum absolute atomic E-state index is 0.000695. The van der Waals surface area contributed by atoms with Gasteiger partial charge in [-0.25, -0.2) is 4.99 Å². The van der Waals surface area contributed by atoms with Crippen molar-refractivity contribution in [2.24, 2.45) is 4.99 Å². The highest BCUT2D eigenvalue weighted by atomic mass is 32.2. The number of carbonyl (C=O) groups is 1. The number of methoxy groups -OCH3 is 1. The van der Waals surface area contributed by atoms with Crippen molar-refractivity contribution in [3.05, 3.63) is 47.7 Å². The molecule has 0 saturated carbocycles. The van der Waals surface area contributed by atoms with Crippen LogP contribution in [0, 0.1) is 0 Å². The Morgan fingerprint density at radius 1 is 1.19 bits per heavy atom. The van der Waals surface area contributed by atoms with Crippen LogP contribution < -0.4 is 4.74 Å². The van der Waals surface area contributed by atoms with E-state index in [1.807, 2.05) is 48.7 Å². The van der Waals surface area contributed by atoms with Gasteiger partial charge in [-0.1, -0.05) is 30.3 Å². The highest BCUT2D eigenvalue weighted by Crippen LogP contribution is 2.33. The molecular weight excluding hydrogens is 302 g/mol. The Labute approximate surface area is 131 Å². The molecule has 0 atom stereocenters. The topological polar surface area (TPSA) is 38.7 Å². The van der Waals surface area contributed by atoms with Gasteiger partial charge in [0.05, 0.1) is 7.11 Å². The highest BCUT2D eigenvalue weighted by Gasteiger charge is 2.21. The number of nitrogens with zero attached hydrogens (tertiary/aromatic N) is 1. The third-order valence-corrected chi connectivity index (χ3v) is 5.06. The largest absolute Gasteiger partial charge is 0.496 e. The molecule has 0 unspecified atom stereocenters. The fourth-order valence-corrected chi connectivity index (χ4v) is 3.48. The summed E-state index contributed by atoms with van der Waals surface area (Å²) in [5.74, 6) is 0.827. The molecule has 0 radical (unpaired) electrons. The number of rotatable bonds is 2. The standard InChI is InChI=1S/C16H13NO2S2/c1-19-14-8-7-10(11-5-3-4-6-12(11)14)9-13-15(18)21-16(17-13)20-2/h3-9H,1-2H3/b13-9-. The smallest absolute Gasteiger partial charge is 0.244 e. The van der Waals surface area contributed by atoms with Gasteiger partial charge in [-0.2, -0.15) is 0 Å². The van der Waals surface area contributed by atoms with E-state index < -0.39 is 0 Å². The minimum Gasteiger partial charge on any atom is -0.496 e. The summed E-state index contributed by atoms with van der Waals surface area (Å²) >= 11 is 2.68. The average Bonchev–Trinajstić information content (AvgIpc) is 2.88. The molecule has 5 heteroatoms. The van der Waals surface area contributed by atoms with Crippen molar-refractivity contribution in [1.82, 2.24) is 0 Å². The monoisotopic (exact) mass is 315 g/mol. The van der Waals surface area contributed by atoms with Crippen LogP contribution in [0.15, 0.2) is 47.1 Å². The molecule has 2 aromatic rings. The summed E-state index contributed by atoms with van der Waals surface area (Å²) in [5.41, 5.74) is 1.47. The van der Waals surface area contributed by atoms with Crippen LogP contribution in [-0.4, -0.2) is 22.9 Å². The van der Waals surface area contributed by atoms with Gasteiger partial charge in [-0.15, -0.1) is 11.8 Å². The van der Waals surface area contributed by atoms with Gasteiger partial charge in [0.25, 0.3) is 0 Å². The predicted molar refractivity (Wildman–Crippen MR) is 92.0 cm³/mol. The summed E-state index contributed by atoms with van der Waals surface area (Å²) in [6, 6.07) is 11.9. The van der Waals surface area contributed by atoms with Crippen molar-refractivity contribution in [3.63, 3.8) is 0 Å². The second kappa shape index (κ2) is 5.95. The summed E-state index contributed by atoms with van der Waals surface area (Å²) in [6.07, 6.45) is 3.77. The Morgan fingerprint density at radius 3 is 2.62 bits per heavy atom. The molecule has 0 aliphatic carbocycles. The van der Waals surface area contributed by atoms with Crippen molar-refractivity contribution >= 4 is 49.9 Å². The van der Waals surface area contributed by atoms with Gasteiger partial charge in [0, 0.05) is 5.39 Å². The fourth-order valence-electron chi connectivity index (χ4n) is 2.22. The molecule has 0 N–H and O–H groups in total. The Bertz CT molecular complexity index is 781. The van der Waals surface area contributed by atoms with Crippen LogP contribution in [0.2, 0.25) is 0 Å². The lowest BCUT2D eigenvalue weighted by Crippen LogP contribution is -1.90. The maximum absolute atomic E-state index is 11.9. The van der Waals surface area contributed by atoms with Crippen molar-refractivity contribution in [2.45, 2.75) is 0 Å². The SMILES string of the molecule is COc1ccc(/C=C2\N=C(SC)SC2=O)c2ccccc12. The molecule has 0 bridgehead atoms. The molecule has 0 spiro atoms. The summed E-state index contributed by atoms with van der Waals surface area (Å²) < 4.78 is 6.18. The van der Waals surface area contributed by atoms with Crippen LogP contribution in [0.25, 0.3) is 16.8 Å². The van der Waals surface area contributed by atoms with Gasteiger partial charge >= 0.3 is 0 Å². The molecule has 0 fully saturated rings. The molecule has 3 rings (SSSR count). The van der Waals surface area contributed by atoms with Crippen LogP contribution in [0.5, 0.6) is 5.75 Å². The van der Waals surface area contributed by atoms with Crippen LogP contribution in [0.1, 0.15) is 5.56 Å². The molecule has 3 nitrogen and oxygen atoms in total. The Balaban J connectivity index is 2.14. The highest BCUT2D eigenvalue weighted by molar-refractivity contribution is 8.45. The normalized spacial score (nSPS) is 16.6.